The van der Waals surface area contributed by atoms with Crippen molar-refractivity contribution < 1.29 is 9.18 Å². The first kappa shape index (κ1) is 15.7. The summed E-state index contributed by atoms with van der Waals surface area (Å²) in [6.07, 6.45) is 0. The summed E-state index contributed by atoms with van der Waals surface area (Å²) in [7, 11) is 1.85. The molecule has 1 heterocycles. The smallest absolute Gasteiger partial charge is 0.269 e. The SMILES string of the molecule is CCN(C)c1nc(N)c(C(=O)Nc2c(F)cccc2Br)s1. The van der Waals surface area contributed by atoms with Crippen LogP contribution in [0.15, 0.2) is 22.7 Å². The molecule has 0 atom stereocenters. The number of para-hydroxylation sites is 1. The molecule has 0 spiro atoms. The lowest BCUT2D eigenvalue weighted by atomic mass is 10.3. The standard InChI is InChI=1S/C13H14BrFN4OS/c1-3-19(2)13-18-11(16)10(21-13)12(20)17-9-7(14)5-4-6-8(9)15/h4-6H,3,16H2,1-2H3,(H,17,20). The van der Waals surface area contributed by atoms with Gasteiger partial charge in [0.15, 0.2) is 5.13 Å². The number of nitrogens with one attached hydrogen (secondary N) is 1. The summed E-state index contributed by atoms with van der Waals surface area (Å²) in [6, 6.07) is 4.46. The highest BCUT2D eigenvalue weighted by Gasteiger charge is 2.19. The Morgan fingerprint density at radius 1 is 1.57 bits per heavy atom. The first-order valence-corrected chi connectivity index (χ1v) is 7.77. The number of nitrogen functional groups attached to an aromatic ring is 1. The summed E-state index contributed by atoms with van der Waals surface area (Å²) in [5, 5.41) is 3.16. The van der Waals surface area contributed by atoms with E-state index in [0.717, 1.165) is 6.54 Å². The molecule has 0 saturated heterocycles. The van der Waals surface area contributed by atoms with Crippen LogP contribution in [0.5, 0.6) is 0 Å². The lowest BCUT2D eigenvalue weighted by Gasteiger charge is -2.11. The van der Waals surface area contributed by atoms with Crippen LogP contribution in [0.4, 0.5) is 21.0 Å². The number of carbonyl (C=O) groups excluding carboxylic acids is 1. The predicted molar refractivity (Wildman–Crippen MR) is 87.5 cm³/mol. The van der Waals surface area contributed by atoms with E-state index in [2.05, 4.69) is 26.2 Å². The highest BCUT2D eigenvalue weighted by Crippen LogP contribution is 2.30. The number of thiazole rings is 1. The van der Waals surface area contributed by atoms with Crippen LogP contribution in [0.25, 0.3) is 0 Å². The van der Waals surface area contributed by atoms with Gasteiger partial charge in [-0.1, -0.05) is 17.4 Å². The Kier molecular flexibility index (Phi) is 4.79. The van der Waals surface area contributed by atoms with Gasteiger partial charge in [0.05, 0.1) is 5.69 Å². The van der Waals surface area contributed by atoms with Crippen molar-refractivity contribution in [3.8, 4) is 0 Å². The number of aromatic nitrogens is 1. The minimum absolute atomic E-state index is 0.0840. The van der Waals surface area contributed by atoms with Crippen LogP contribution in [-0.4, -0.2) is 24.5 Å². The van der Waals surface area contributed by atoms with Crippen molar-refractivity contribution in [1.29, 1.82) is 0 Å². The van der Waals surface area contributed by atoms with Crippen LogP contribution >= 0.6 is 27.3 Å². The van der Waals surface area contributed by atoms with Crippen molar-refractivity contribution in [3.63, 3.8) is 0 Å². The van der Waals surface area contributed by atoms with E-state index in [4.69, 9.17) is 5.73 Å². The van der Waals surface area contributed by atoms with Gasteiger partial charge in [0, 0.05) is 18.1 Å². The zero-order valence-corrected chi connectivity index (χ0v) is 13.9. The molecule has 0 bridgehead atoms. The molecule has 1 aromatic heterocycles. The summed E-state index contributed by atoms with van der Waals surface area (Å²) < 4.78 is 14.2. The second kappa shape index (κ2) is 6.40. The maximum atomic E-state index is 13.7. The van der Waals surface area contributed by atoms with Gasteiger partial charge in [-0.25, -0.2) is 9.37 Å². The van der Waals surface area contributed by atoms with Crippen molar-refractivity contribution in [2.45, 2.75) is 6.92 Å². The number of nitrogens with zero attached hydrogens (tertiary/aromatic N) is 2. The Morgan fingerprint density at radius 3 is 2.90 bits per heavy atom. The molecular weight excluding hydrogens is 359 g/mol. The topological polar surface area (TPSA) is 71.2 Å². The predicted octanol–water partition coefficient (Wildman–Crippen LogP) is 3.34. The molecule has 0 aliphatic rings. The molecule has 1 amide bonds. The molecular formula is C13H14BrFN4OS. The molecule has 0 aliphatic carbocycles. The number of carbonyl (C=O) groups is 1. The number of benzene rings is 1. The molecule has 0 aliphatic heterocycles. The molecule has 2 aromatic rings. The Labute approximate surface area is 134 Å². The largest absolute Gasteiger partial charge is 0.382 e. The number of amides is 1. The molecule has 8 heteroatoms. The normalized spacial score (nSPS) is 10.5. The van der Waals surface area contributed by atoms with Crippen molar-refractivity contribution >= 4 is 49.8 Å². The average Bonchev–Trinajstić information content (AvgIpc) is 2.84. The van der Waals surface area contributed by atoms with E-state index < -0.39 is 11.7 Å². The van der Waals surface area contributed by atoms with Crippen molar-refractivity contribution in [1.82, 2.24) is 4.98 Å². The lowest BCUT2D eigenvalue weighted by Crippen LogP contribution is -2.15. The molecule has 21 heavy (non-hydrogen) atoms. The number of halogens is 2. The summed E-state index contributed by atoms with van der Waals surface area (Å²) >= 11 is 4.37. The van der Waals surface area contributed by atoms with Crippen molar-refractivity contribution in [2.75, 3.05) is 29.5 Å². The lowest BCUT2D eigenvalue weighted by molar-refractivity contribution is 0.103. The molecule has 3 N–H and O–H groups in total. The van der Waals surface area contributed by atoms with Crippen LogP contribution in [0.3, 0.4) is 0 Å². The van der Waals surface area contributed by atoms with Gasteiger partial charge < -0.3 is 16.0 Å². The first-order chi connectivity index (χ1) is 9.93. The number of hydrogen-bond acceptors (Lipinski definition) is 5. The van der Waals surface area contributed by atoms with Crippen LogP contribution in [0.1, 0.15) is 16.6 Å². The van der Waals surface area contributed by atoms with Crippen molar-refractivity contribution in [2.24, 2.45) is 0 Å². The number of hydrogen-bond donors (Lipinski definition) is 2. The van der Waals surface area contributed by atoms with Gasteiger partial charge in [-0.15, -0.1) is 0 Å². The molecule has 0 radical (unpaired) electrons. The highest BCUT2D eigenvalue weighted by atomic mass is 79.9. The van der Waals surface area contributed by atoms with Gasteiger partial charge >= 0.3 is 0 Å². The van der Waals surface area contributed by atoms with Crippen LogP contribution in [0, 0.1) is 5.82 Å². The number of anilines is 3. The van der Waals surface area contributed by atoms with Gasteiger partial charge in [-0.3, -0.25) is 4.79 Å². The fraction of sp³-hybridized carbons (Fsp3) is 0.231. The monoisotopic (exact) mass is 372 g/mol. The van der Waals surface area contributed by atoms with E-state index in [1.54, 1.807) is 12.1 Å². The van der Waals surface area contributed by atoms with Crippen LogP contribution < -0.4 is 16.0 Å². The summed E-state index contributed by atoms with van der Waals surface area (Å²) in [5.74, 6) is -0.862. The van der Waals surface area contributed by atoms with E-state index in [1.165, 1.54) is 17.4 Å². The van der Waals surface area contributed by atoms with Gasteiger partial charge in [-0.05, 0) is 35.0 Å². The quantitative estimate of drug-likeness (QED) is 0.863. The summed E-state index contributed by atoms with van der Waals surface area (Å²) in [6.45, 7) is 2.71. The molecule has 0 unspecified atom stereocenters. The van der Waals surface area contributed by atoms with Gasteiger partial charge in [0.2, 0.25) is 0 Å². The van der Waals surface area contributed by atoms with Crippen molar-refractivity contribution in [3.05, 3.63) is 33.4 Å². The molecule has 1 aromatic carbocycles. The minimum Gasteiger partial charge on any atom is -0.382 e. The Balaban J connectivity index is 2.27. The molecule has 5 nitrogen and oxygen atoms in total. The number of nitrogens with two attached hydrogens (primary N) is 1. The van der Waals surface area contributed by atoms with Crippen LogP contribution in [-0.2, 0) is 0 Å². The summed E-state index contributed by atoms with van der Waals surface area (Å²) in [4.78, 5) is 18.5. The highest BCUT2D eigenvalue weighted by molar-refractivity contribution is 9.10. The van der Waals surface area contributed by atoms with E-state index in [1.807, 2.05) is 18.9 Å². The van der Waals surface area contributed by atoms with E-state index >= 15 is 0 Å². The fourth-order valence-corrected chi connectivity index (χ4v) is 2.92. The summed E-state index contributed by atoms with van der Waals surface area (Å²) in [5.41, 5.74) is 5.85. The van der Waals surface area contributed by atoms with E-state index in [9.17, 15) is 9.18 Å². The third-order valence-corrected chi connectivity index (χ3v) is 4.70. The second-order valence-corrected chi connectivity index (χ2v) is 6.11. The molecule has 2 rings (SSSR count). The maximum absolute atomic E-state index is 13.7. The van der Waals surface area contributed by atoms with E-state index in [0.29, 0.717) is 9.60 Å². The average molecular weight is 373 g/mol. The number of rotatable bonds is 4. The Bertz CT molecular complexity index is 656. The van der Waals surface area contributed by atoms with Crippen LogP contribution in [0.2, 0.25) is 0 Å². The van der Waals surface area contributed by atoms with Gasteiger partial charge in [-0.2, -0.15) is 0 Å². The zero-order chi connectivity index (χ0) is 15.6. The molecule has 0 saturated carbocycles. The Hall–Kier alpha value is -1.67. The molecule has 0 fully saturated rings. The van der Waals surface area contributed by atoms with Gasteiger partial charge in [0.1, 0.15) is 16.5 Å². The third-order valence-electron chi connectivity index (χ3n) is 2.85. The van der Waals surface area contributed by atoms with Gasteiger partial charge in [0.25, 0.3) is 5.91 Å². The first-order valence-electron chi connectivity index (χ1n) is 6.16. The third kappa shape index (κ3) is 3.33. The zero-order valence-electron chi connectivity index (χ0n) is 11.5. The maximum Gasteiger partial charge on any atom is 0.269 e. The second-order valence-electron chi connectivity index (χ2n) is 4.28. The molecule has 112 valence electrons. The Morgan fingerprint density at radius 2 is 2.29 bits per heavy atom. The fourth-order valence-electron chi connectivity index (χ4n) is 1.57. The minimum atomic E-state index is -0.522. The van der Waals surface area contributed by atoms with E-state index in [-0.39, 0.29) is 16.4 Å².